The zero-order chi connectivity index (χ0) is 22.0. The van der Waals surface area contributed by atoms with Crippen molar-refractivity contribution in [3.05, 3.63) is 71.7 Å². The number of nitrogens with zero attached hydrogens (tertiary/aromatic N) is 1. The molecule has 1 saturated carbocycles. The summed E-state index contributed by atoms with van der Waals surface area (Å²) in [6, 6.07) is 14.1. The Balaban J connectivity index is 0.00000289. The van der Waals surface area contributed by atoms with E-state index in [1.54, 1.807) is 24.3 Å². The van der Waals surface area contributed by atoms with Gasteiger partial charge in [-0.3, -0.25) is 4.98 Å². The summed E-state index contributed by atoms with van der Waals surface area (Å²) < 4.78 is 13.6. The van der Waals surface area contributed by atoms with Crippen LogP contribution in [0.15, 0.2) is 54.6 Å². The van der Waals surface area contributed by atoms with Crippen LogP contribution in [0.3, 0.4) is 0 Å². The van der Waals surface area contributed by atoms with Crippen molar-refractivity contribution in [2.24, 2.45) is 0 Å². The van der Waals surface area contributed by atoms with E-state index in [0.29, 0.717) is 5.92 Å². The summed E-state index contributed by atoms with van der Waals surface area (Å²) in [4.78, 5) is 15.5. The number of fused-ring (bicyclic) bond motifs is 1. The van der Waals surface area contributed by atoms with Crippen LogP contribution in [-0.4, -0.2) is 71.1 Å². The van der Waals surface area contributed by atoms with Crippen LogP contribution in [0.5, 0.6) is 0 Å². The predicted molar refractivity (Wildman–Crippen MR) is 120 cm³/mol. The molecule has 0 spiro atoms. The van der Waals surface area contributed by atoms with E-state index in [4.69, 9.17) is 4.98 Å². The second-order valence-corrected chi connectivity index (χ2v) is 7.98. The van der Waals surface area contributed by atoms with Gasteiger partial charge in [-0.25, -0.2) is 4.39 Å². The molecule has 0 radical (unpaired) electrons. The molecule has 160 valence electrons. The summed E-state index contributed by atoms with van der Waals surface area (Å²) in [5.41, 5.74) is 4.38. The van der Waals surface area contributed by atoms with E-state index in [2.05, 4.69) is 0 Å². The molecule has 2 N–H and O–H groups in total. The van der Waals surface area contributed by atoms with Gasteiger partial charge in [-0.15, -0.1) is 0 Å². The molecule has 5 nitrogen and oxygen atoms in total. The second kappa shape index (κ2) is 10.9. The van der Waals surface area contributed by atoms with Crippen molar-refractivity contribution >= 4 is 60.7 Å². The molecule has 1 fully saturated rings. The number of hydrogen-bond donors (Lipinski definition) is 2. The van der Waals surface area contributed by atoms with Gasteiger partial charge in [0, 0.05) is 41.2 Å². The molecule has 1 aromatic heterocycles. The first-order chi connectivity index (χ1) is 14.9. The van der Waals surface area contributed by atoms with Gasteiger partial charge >= 0.3 is 37.7 Å². The summed E-state index contributed by atoms with van der Waals surface area (Å²) in [5.74, 6) is -1.36. The molecule has 1 aliphatic rings. The summed E-state index contributed by atoms with van der Waals surface area (Å²) in [6.07, 6.45) is 2.51. The molecule has 7 heteroatoms. The maximum absolute atomic E-state index is 13.6. The number of carbonyl (C=O) groups is 1. The van der Waals surface area contributed by atoms with Gasteiger partial charge in [0.15, 0.2) is 0 Å². The molecule has 32 heavy (non-hydrogen) atoms. The number of aliphatic hydroxyl groups excluding tert-OH is 2. The minimum Gasteiger partial charge on any atom is -0.550 e. The third-order valence-corrected chi connectivity index (χ3v) is 5.46. The fourth-order valence-corrected chi connectivity index (χ4v) is 3.85. The fraction of sp³-hybridized carbons (Fsp3) is 0.280. The van der Waals surface area contributed by atoms with Crippen LogP contribution in [0, 0.1) is 5.82 Å². The molecular weight excluding hydrogens is 437 g/mol. The summed E-state index contributed by atoms with van der Waals surface area (Å²) in [5, 5.41) is 31.7. The Morgan fingerprint density at radius 3 is 2.50 bits per heavy atom. The van der Waals surface area contributed by atoms with E-state index in [1.165, 1.54) is 12.1 Å². The van der Waals surface area contributed by atoms with Gasteiger partial charge in [0.05, 0.1) is 23.4 Å². The first-order valence-corrected chi connectivity index (χ1v) is 10.3. The largest absolute Gasteiger partial charge is 2.00 e. The maximum atomic E-state index is 13.6. The van der Waals surface area contributed by atoms with Gasteiger partial charge in [0.1, 0.15) is 5.82 Å². The van der Waals surface area contributed by atoms with E-state index in [-0.39, 0.29) is 50.0 Å². The Bertz CT molecular complexity index is 1130. The van der Waals surface area contributed by atoms with Crippen molar-refractivity contribution in [1.82, 2.24) is 4.98 Å². The van der Waals surface area contributed by atoms with Crippen LogP contribution in [0.4, 0.5) is 4.39 Å². The van der Waals surface area contributed by atoms with Crippen molar-refractivity contribution in [3.8, 4) is 11.1 Å². The van der Waals surface area contributed by atoms with Gasteiger partial charge < -0.3 is 20.1 Å². The van der Waals surface area contributed by atoms with Gasteiger partial charge in [-0.05, 0) is 36.6 Å². The molecule has 0 saturated heterocycles. The quantitative estimate of drug-likeness (QED) is 0.504. The predicted octanol–water partition coefficient (Wildman–Crippen LogP) is 2.80. The Hall–Kier alpha value is -1.83. The molecule has 0 aliphatic heterocycles. The minimum atomic E-state index is -1.36. The summed E-state index contributed by atoms with van der Waals surface area (Å²) in [7, 11) is 0. The topological polar surface area (TPSA) is 93.5 Å². The molecule has 0 bridgehead atoms. The average Bonchev–Trinajstić information content (AvgIpc) is 3.56. The number of carbonyl (C=O) groups excluding carboxylic acids is 1. The third-order valence-electron chi connectivity index (χ3n) is 5.46. The number of aromatic nitrogens is 1. The number of para-hydroxylation sites is 1. The zero-order valence-electron chi connectivity index (χ0n) is 17.6. The van der Waals surface area contributed by atoms with Crippen LogP contribution in [-0.2, 0) is 4.79 Å². The Morgan fingerprint density at radius 1 is 1.16 bits per heavy atom. The van der Waals surface area contributed by atoms with E-state index in [9.17, 15) is 24.5 Å². The van der Waals surface area contributed by atoms with Crippen molar-refractivity contribution < 1.29 is 24.5 Å². The van der Waals surface area contributed by atoms with Crippen LogP contribution < -0.4 is 5.11 Å². The molecular formula is C25H23CaFNO4+. The monoisotopic (exact) mass is 460 g/mol. The van der Waals surface area contributed by atoms with Crippen LogP contribution in [0.1, 0.15) is 42.9 Å². The SMILES string of the molecule is O=C([O-])C[C@H](O)C[C@@H](O)/C=C/c1c(C2CC2)nc2ccccc2c1-c1ccc(F)cc1.[Ca+2]. The second-order valence-electron chi connectivity index (χ2n) is 7.98. The summed E-state index contributed by atoms with van der Waals surface area (Å²) >= 11 is 0. The zero-order valence-corrected chi connectivity index (χ0v) is 19.8. The standard InChI is InChI=1S/C25H24FNO4.Ca/c26-17-9-7-15(8-10-17)24-20-3-1-2-4-22(20)27-25(16-5-6-16)21(24)12-11-18(28)13-19(29)14-23(30)31;/h1-4,7-12,16,18-19,28-29H,5-6,13-14H2,(H,30,31);/q;+2/p-1/b12-11+;/t18-,19+;/m0./s1. The molecule has 1 aliphatic carbocycles. The smallest absolute Gasteiger partial charge is 0.550 e. The number of pyridine rings is 1. The van der Waals surface area contributed by atoms with Crippen LogP contribution in [0.25, 0.3) is 28.1 Å². The van der Waals surface area contributed by atoms with Crippen molar-refractivity contribution in [2.45, 2.75) is 43.8 Å². The number of carboxylic acids is 1. The van der Waals surface area contributed by atoms with E-state index in [0.717, 1.165) is 46.1 Å². The van der Waals surface area contributed by atoms with Crippen molar-refractivity contribution in [3.63, 3.8) is 0 Å². The van der Waals surface area contributed by atoms with E-state index >= 15 is 0 Å². The van der Waals surface area contributed by atoms with Gasteiger partial charge in [-0.2, -0.15) is 0 Å². The first kappa shape index (κ1) is 24.8. The fourth-order valence-electron chi connectivity index (χ4n) is 3.85. The van der Waals surface area contributed by atoms with Crippen LogP contribution >= 0.6 is 0 Å². The van der Waals surface area contributed by atoms with Crippen LogP contribution in [0.2, 0.25) is 0 Å². The average molecular weight is 461 g/mol. The molecule has 2 atom stereocenters. The third kappa shape index (κ3) is 5.94. The van der Waals surface area contributed by atoms with Crippen molar-refractivity contribution in [1.29, 1.82) is 0 Å². The Morgan fingerprint density at radius 2 is 1.84 bits per heavy atom. The molecule has 3 aromatic rings. The van der Waals surface area contributed by atoms with E-state index in [1.807, 2.05) is 24.3 Å². The van der Waals surface area contributed by atoms with Gasteiger partial charge in [-0.1, -0.05) is 42.5 Å². The number of aliphatic carboxylic acids is 1. The number of rotatable bonds is 8. The van der Waals surface area contributed by atoms with Gasteiger partial charge in [0.25, 0.3) is 0 Å². The molecule has 1 heterocycles. The Kier molecular flexibility index (Phi) is 8.42. The maximum Gasteiger partial charge on any atom is 2.00 e. The number of aliphatic hydroxyl groups is 2. The molecule has 0 unspecified atom stereocenters. The summed E-state index contributed by atoms with van der Waals surface area (Å²) in [6.45, 7) is 0. The first-order valence-electron chi connectivity index (χ1n) is 10.3. The number of halogens is 1. The molecule has 4 rings (SSSR count). The molecule has 0 amide bonds. The normalized spacial score (nSPS) is 15.5. The Labute approximate surface area is 215 Å². The van der Waals surface area contributed by atoms with Gasteiger partial charge in [0.2, 0.25) is 0 Å². The number of hydrogen-bond acceptors (Lipinski definition) is 5. The number of benzene rings is 2. The molecule has 2 aromatic carbocycles. The number of carboxylic acid groups (broad SMARTS) is 1. The van der Waals surface area contributed by atoms with Crippen molar-refractivity contribution in [2.75, 3.05) is 0 Å². The van der Waals surface area contributed by atoms with E-state index < -0.39 is 24.6 Å². The minimum absolute atomic E-state index is 0.